The van der Waals surface area contributed by atoms with E-state index in [-0.39, 0.29) is 0 Å². The Bertz CT molecular complexity index is 504. The SMILES string of the molecule is CC1CC2=CC(=O)CC[C@]2(C)[C@H]2CC[C@]3(C)CCC[C@H]3[C@H]12. The summed E-state index contributed by atoms with van der Waals surface area (Å²) in [6, 6.07) is 0. The number of allylic oxidation sites excluding steroid dienone is 1. The Hall–Kier alpha value is -0.590. The van der Waals surface area contributed by atoms with Crippen molar-refractivity contribution in [3.63, 3.8) is 0 Å². The van der Waals surface area contributed by atoms with Gasteiger partial charge in [-0.3, -0.25) is 4.79 Å². The summed E-state index contributed by atoms with van der Waals surface area (Å²) in [4.78, 5) is 11.9. The number of hydrogen-bond donors (Lipinski definition) is 0. The predicted octanol–water partition coefficient (Wildman–Crippen LogP) is 5.15. The van der Waals surface area contributed by atoms with Crippen LogP contribution >= 0.6 is 0 Å². The van der Waals surface area contributed by atoms with Crippen LogP contribution in [0.15, 0.2) is 11.6 Å². The Balaban J connectivity index is 1.74. The lowest BCUT2D eigenvalue weighted by Gasteiger charge is -2.59. The number of carbonyl (C=O) groups excluding carboxylic acids is 1. The summed E-state index contributed by atoms with van der Waals surface area (Å²) in [5, 5.41) is 0. The van der Waals surface area contributed by atoms with Crippen LogP contribution in [0.2, 0.25) is 0 Å². The highest BCUT2D eigenvalue weighted by molar-refractivity contribution is 5.91. The molecule has 116 valence electrons. The maximum absolute atomic E-state index is 11.9. The highest BCUT2D eigenvalue weighted by atomic mass is 16.1. The molecule has 3 saturated carbocycles. The fraction of sp³-hybridized carbons (Fsp3) is 0.850. The van der Waals surface area contributed by atoms with Gasteiger partial charge in [0.15, 0.2) is 5.78 Å². The molecule has 0 aromatic heterocycles. The summed E-state index contributed by atoms with van der Waals surface area (Å²) in [7, 11) is 0. The second-order valence-electron chi connectivity index (χ2n) is 9.11. The van der Waals surface area contributed by atoms with E-state index >= 15 is 0 Å². The molecular weight excluding hydrogens is 256 g/mol. The first-order valence-electron chi connectivity index (χ1n) is 9.18. The lowest BCUT2D eigenvalue weighted by atomic mass is 9.45. The van der Waals surface area contributed by atoms with E-state index in [1.807, 2.05) is 6.08 Å². The Kier molecular flexibility index (Phi) is 2.98. The van der Waals surface area contributed by atoms with E-state index in [1.54, 1.807) is 0 Å². The fourth-order valence-corrected chi connectivity index (χ4v) is 6.90. The molecule has 0 spiro atoms. The van der Waals surface area contributed by atoms with Gasteiger partial charge in [-0.15, -0.1) is 0 Å². The molecule has 1 unspecified atom stereocenters. The molecule has 0 saturated heterocycles. The van der Waals surface area contributed by atoms with Gasteiger partial charge >= 0.3 is 0 Å². The van der Waals surface area contributed by atoms with Gasteiger partial charge in [0.05, 0.1) is 0 Å². The summed E-state index contributed by atoms with van der Waals surface area (Å²) in [5.41, 5.74) is 2.49. The first kappa shape index (κ1) is 14.0. The number of fused-ring (bicyclic) bond motifs is 5. The molecule has 4 aliphatic carbocycles. The highest BCUT2D eigenvalue weighted by Crippen LogP contribution is 2.66. The monoisotopic (exact) mass is 286 g/mol. The van der Waals surface area contributed by atoms with Crippen LogP contribution in [0.25, 0.3) is 0 Å². The molecule has 0 aromatic rings. The van der Waals surface area contributed by atoms with Crippen molar-refractivity contribution < 1.29 is 4.79 Å². The van der Waals surface area contributed by atoms with E-state index in [0.29, 0.717) is 16.6 Å². The van der Waals surface area contributed by atoms with Gasteiger partial charge in [0.25, 0.3) is 0 Å². The summed E-state index contributed by atoms with van der Waals surface area (Å²) < 4.78 is 0. The number of rotatable bonds is 0. The second kappa shape index (κ2) is 4.46. The van der Waals surface area contributed by atoms with Gasteiger partial charge in [-0.25, -0.2) is 0 Å². The van der Waals surface area contributed by atoms with Crippen molar-refractivity contribution in [3.8, 4) is 0 Å². The van der Waals surface area contributed by atoms with Crippen LogP contribution in [-0.4, -0.2) is 5.78 Å². The maximum Gasteiger partial charge on any atom is 0.155 e. The van der Waals surface area contributed by atoms with E-state index in [1.165, 1.54) is 44.1 Å². The largest absolute Gasteiger partial charge is 0.295 e. The minimum absolute atomic E-state index is 0.342. The number of ketones is 1. The second-order valence-corrected chi connectivity index (χ2v) is 9.11. The Labute approximate surface area is 129 Å². The van der Waals surface area contributed by atoms with Crippen molar-refractivity contribution >= 4 is 5.78 Å². The molecular formula is C20H30O. The van der Waals surface area contributed by atoms with Gasteiger partial charge in [0.1, 0.15) is 0 Å². The summed E-state index contributed by atoms with van der Waals surface area (Å²) in [6.07, 6.45) is 12.4. The standard InChI is InChI=1S/C20H30O/c1-13-11-14-12-15(21)6-10-20(14,3)17-7-9-19(2)8-4-5-16(19)18(13)17/h12-13,16-18H,4-11H2,1-3H3/t13?,16-,17-,18-,19-,20-/m0/s1. The van der Waals surface area contributed by atoms with Gasteiger partial charge in [0.2, 0.25) is 0 Å². The minimum atomic E-state index is 0.342. The Morgan fingerprint density at radius 1 is 1.10 bits per heavy atom. The zero-order valence-corrected chi connectivity index (χ0v) is 14.0. The molecule has 6 atom stereocenters. The first-order valence-corrected chi connectivity index (χ1v) is 9.18. The third kappa shape index (κ3) is 1.85. The van der Waals surface area contributed by atoms with Gasteiger partial charge in [-0.1, -0.05) is 32.8 Å². The molecule has 1 heteroatoms. The van der Waals surface area contributed by atoms with Crippen LogP contribution in [0, 0.1) is 34.5 Å². The lowest BCUT2D eigenvalue weighted by Crippen LogP contribution is -2.52. The smallest absolute Gasteiger partial charge is 0.155 e. The van der Waals surface area contributed by atoms with Crippen LogP contribution in [-0.2, 0) is 4.79 Å². The van der Waals surface area contributed by atoms with E-state index in [9.17, 15) is 4.79 Å². The highest BCUT2D eigenvalue weighted by Gasteiger charge is 2.57. The molecule has 0 aromatic carbocycles. The van der Waals surface area contributed by atoms with Crippen molar-refractivity contribution in [1.29, 1.82) is 0 Å². The minimum Gasteiger partial charge on any atom is -0.295 e. The maximum atomic E-state index is 11.9. The van der Waals surface area contributed by atoms with Crippen molar-refractivity contribution in [2.24, 2.45) is 34.5 Å². The normalized spacial score (nSPS) is 52.7. The third-order valence-corrected chi connectivity index (χ3v) is 8.09. The molecule has 4 aliphatic rings. The Morgan fingerprint density at radius 2 is 1.90 bits per heavy atom. The van der Waals surface area contributed by atoms with E-state index in [0.717, 1.165) is 36.5 Å². The lowest BCUT2D eigenvalue weighted by molar-refractivity contribution is -0.118. The number of hydrogen-bond acceptors (Lipinski definition) is 1. The topological polar surface area (TPSA) is 17.1 Å². The Morgan fingerprint density at radius 3 is 2.71 bits per heavy atom. The van der Waals surface area contributed by atoms with E-state index in [2.05, 4.69) is 20.8 Å². The van der Waals surface area contributed by atoms with Crippen molar-refractivity contribution in [2.45, 2.75) is 72.1 Å². The zero-order chi connectivity index (χ0) is 14.8. The van der Waals surface area contributed by atoms with Crippen LogP contribution in [0.4, 0.5) is 0 Å². The molecule has 0 amide bonds. The molecule has 1 nitrogen and oxygen atoms in total. The molecule has 3 fully saturated rings. The molecule has 21 heavy (non-hydrogen) atoms. The first-order chi connectivity index (χ1) is 9.94. The molecule has 0 heterocycles. The fourth-order valence-electron chi connectivity index (χ4n) is 6.90. The van der Waals surface area contributed by atoms with Gasteiger partial charge < -0.3 is 0 Å². The zero-order valence-electron chi connectivity index (χ0n) is 14.0. The average molecular weight is 286 g/mol. The quantitative estimate of drug-likeness (QED) is 0.601. The summed E-state index contributed by atoms with van der Waals surface area (Å²) >= 11 is 0. The summed E-state index contributed by atoms with van der Waals surface area (Å²) in [6.45, 7) is 7.54. The van der Waals surface area contributed by atoms with Crippen molar-refractivity contribution in [3.05, 3.63) is 11.6 Å². The molecule has 4 rings (SSSR count). The number of carbonyl (C=O) groups is 1. The molecule has 0 aliphatic heterocycles. The molecule has 0 N–H and O–H groups in total. The van der Waals surface area contributed by atoms with E-state index < -0.39 is 0 Å². The van der Waals surface area contributed by atoms with Gasteiger partial charge in [0, 0.05) is 6.42 Å². The average Bonchev–Trinajstić information content (AvgIpc) is 2.82. The van der Waals surface area contributed by atoms with Crippen LogP contribution < -0.4 is 0 Å². The molecule has 0 bridgehead atoms. The summed E-state index contributed by atoms with van der Waals surface area (Å²) in [5.74, 6) is 3.89. The predicted molar refractivity (Wildman–Crippen MR) is 85.9 cm³/mol. The van der Waals surface area contributed by atoms with Crippen molar-refractivity contribution in [2.75, 3.05) is 0 Å². The molecule has 0 radical (unpaired) electrons. The van der Waals surface area contributed by atoms with Crippen LogP contribution in [0.1, 0.15) is 72.1 Å². The van der Waals surface area contributed by atoms with E-state index in [4.69, 9.17) is 0 Å². The third-order valence-electron chi connectivity index (χ3n) is 8.09. The van der Waals surface area contributed by atoms with Gasteiger partial charge in [-0.2, -0.15) is 0 Å². The van der Waals surface area contributed by atoms with Crippen LogP contribution in [0.3, 0.4) is 0 Å². The van der Waals surface area contributed by atoms with Crippen LogP contribution in [0.5, 0.6) is 0 Å². The van der Waals surface area contributed by atoms with Gasteiger partial charge in [-0.05, 0) is 79.1 Å². The van der Waals surface area contributed by atoms with Crippen molar-refractivity contribution in [1.82, 2.24) is 0 Å².